The van der Waals surface area contributed by atoms with Crippen LogP contribution in [-0.2, 0) is 0 Å². The average Bonchev–Trinajstić information content (AvgIpc) is 2.70. The number of nitrogens with one attached hydrogen (secondary N) is 1. The molecule has 18 heavy (non-hydrogen) atoms. The van der Waals surface area contributed by atoms with E-state index in [-0.39, 0.29) is 17.1 Å². The van der Waals surface area contributed by atoms with Crippen molar-refractivity contribution in [1.29, 1.82) is 0 Å². The summed E-state index contributed by atoms with van der Waals surface area (Å²) in [6, 6.07) is 4.60. The first-order chi connectivity index (χ1) is 8.47. The molecule has 0 aliphatic carbocycles. The van der Waals surface area contributed by atoms with Crippen LogP contribution in [0.3, 0.4) is 0 Å². The molecular weight excluding hydrogens is 242 g/mol. The Morgan fingerprint density at radius 2 is 2.06 bits per heavy atom. The van der Waals surface area contributed by atoms with Crippen molar-refractivity contribution in [3.63, 3.8) is 0 Å². The number of aryl methyl sites for hydroxylation is 1. The molecule has 1 amide bonds. The first kappa shape index (κ1) is 12.1. The molecule has 0 unspecified atom stereocenters. The van der Waals surface area contributed by atoms with E-state index >= 15 is 0 Å². The Bertz CT molecular complexity index is 585. The van der Waals surface area contributed by atoms with Gasteiger partial charge in [0.05, 0.1) is 5.69 Å². The molecule has 1 aromatic heterocycles. The Morgan fingerprint density at radius 3 is 2.61 bits per heavy atom. The zero-order chi connectivity index (χ0) is 13.3. The fraction of sp³-hybridized carbons (Fsp3) is 0.0833. The van der Waals surface area contributed by atoms with E-state index in [9.17, 15) is 13.6 Å². The summed E-state index contributed by atoms with van der Waals surface area (Å²) < 4.78 is 31.3. The molecule has 4 nitrogen and oxygen atoms in total. The van der Waals surface area contributed by atoms with Crippen LogP contribution in [0.25, 0.3) is 0 Å². The number of benzene rings is 1. The molecule has 0 aliphatic heterocycles. The largest absolute Gasteiger partial charge is 0.456 e. The molecule has 0 saturated heterocycles. The van der Waals surface area contributed by atoms with Crippen molar-refractivity contribution in [3.8, 4) is 0 Å². The molecule has 6 heteroatoms. The number of nitrogens with two attached hydrogens (primary N) is 1. The zero-order valence-electron chi connectivity index (χ0n) is 9.46. The van der Waals surface area contributed by atoms with Gasteiger partial charge in [-0.2, -0.15) is 0 Å². The van der Waals surface area contributed by atoms with Crippen LogP contribution >= 0.6 is 0 Å². The first-order valence-corrected chi connectivity index (χ1v) is 5.09. The number of halogens is 2. The Labute approximate surface area is 101 Å². The number of amides is 1. The molecule has 1 heterocycles. The van der Waals surface area contributed by atoms with Crippen LogP contribution in [-0.4, -0.2) is 5.91 Å². The molecule has 1 aromatic carbocycles. The normalized spacial score (nSPS) is 10.4. The number of hydrogen-bond acceptors (Lipinski definition) is 3. The third-order valence-corrected chi connectivity index (χ3v) is 2.29. The second kappa shape index (κ2) is 4.48. The Balaban J connectivity index is 2.27. The van der Waals surface area contributed by atoms with Crippen molar-refractivity contribution in [2.45, 2.75) is 6.92 Å². The van der Waals surface area contributed by atoms with Gasteiger partial charge in [0.15, 0.2) is 11.6 Å². The van der Waals surface area contributed by atoms with Crippen molar-refractivity contribution in [1.82, 2.24) is 0 Å². The Kier molecular flexibility index (Phi) is 3.01. The fourth-order valence-corrected chi connectivity index (χ4v) is 1.46. The first-order valence-electron chi connectivity index (χ1n) is 5.09. The number of anilines is 2. The van der Waals surface area contributed by atoms with E-state index in [0.29, 0.717) is 11.8 Å². The minimum atomic E-state index is -0.941. The molecule has 0 saturated carbocycles. The van der Waals surface area contributed by atoms with Crippen LogP contribution in [0, 0.1) is 18.6 Å². The van der Waals surface area contributed by atoms with Gasteiger partial charge in [0.2, 0.25) is 0 Å². The van der Waals surface area contributed by atoms with Gasteiger partial charge in [-0.1, -0.05) is 0 Å². The van der Waals surface area contributed by atoms with Crippen LogP contribution in [0.5, 0.6) is 0 Å². The van der Waals surface area contributed by atoms with Crippen molar-refractivity contribution in [3.05, 3.63) is 47.4 Å². The number of furan rings is 1. The van der Waals surface area contributed by atoms with E-state index in [1.54, 1.807) is 13.0 Å². The van der Waals surface area contributed by atoms with Gasteiger partial charge in [-0.15, -0.1) is 0 Å². The number of hydrogen-bond donors (Lipinski definition) is 2. The minimum Gasteiger partial charge on any atom is -0.456 e. The molecule has 0 atom stereocenters. The highest BCUT2D eigenvalue weighted by atomic mass is 19.1. The van der Waals surface area contributed by atoms with E-state index in [4.69, 9.17) is 10.2 Å². The molecule has 0 aliphatic rings. The maximum atomic E-state index is 13.4. The maximum Gasteiger partial charge on any atom is 0.291 e. The number of rotatable bonds is 2. The molecule has 2 rings (SSSR count). The lowest BCUT2D eigenvalue weighted by molar-refractivity contribution is 0.0995. The summed E-state index contributed by atoms with van der Waals surface area (Å²) in [5.41, 5.74) is 4.97. The fourth-order valence-electron chi connectivity index (χ4n) is 1.46. The Hall–Kier alpha value is -2.37. The zero-order valence-corrected chi connectivity index (χ0v) is 9.46. The molecule has 0 radical (unpaired) electrons. The highest BCUT2D eigenvalue weighted by Gasteiger charge is 2.15. The van der Waals surface area contributed by atoms with Gasteiger partial charge in [-0.3, -0.25) is 4.79 Å². The van der Waals surface area contributed by atoms with Crippen molar-refractivity contribution in [2.24, 2.45) is 0 Å². The predicted molar refractivity (Wildman–Crippen MR) is 62.2 cm³/mol. The van der Waals surface area contributed by atoms with Crippen molar-refractivity contribution >= 4 is 17.3 Å². The minimum absolute atomic E-state index is 0.0237. The van der Waals surface area contributed by atoms with E-state index in [2.05, 4.69) is 5.32 Å². The number of nitrogen functional groups attached to an aromatic ring is 1. The Morgan fingerprint density at radius 1 is 1.33 bits per heavy atom. The van der Waals surface area contributed by atoms with Crippen molar-refractivity contribution in [2.75, 3.05) is 11.1 Å². The van der Waals surface area contributed by atoms with Crippen LogP contribution in [0.4, 0.5) is 20.2 Å². The molecule has 94 valence electrons. The molecule has 0 bridgehead atoms. The third kappa shape index (κ3) is 2.32. The molecule has 3 N–H and O–H groups in total. The summed E-state index contributed by atoms with van der Waals surface area (Å²) >= 11 is 0. The smallest absolute Gasteiger partial charge is 0.291 e. The van der Waals surface area contributed by atoms with E-state index < -0.39 is 17.5 Å². The van der Waals surface area contributed by atoms with Gasteiger partial charge < -0.3 is 15.5 Å². The molecule has 0 fully saturated rings. The summed E-state index contributed by atoms with van der Waals surface area (Å²) in [6.45, 7) is 1.67. The molecule has 2 aromatic rings. The van der Waals surface area contributed by atoms with E-state index in [1.807, 2.05) is 0 Å². The average molecular weight is 252 g/mol. The monoisotopic (exact) mass is 252 g/mol. The predicted octanol–water partition coefficient (Wildman–Crippen LogP) is 2.70. The van der Waals surface area contributed by atoms with Gasteiger partial charge >= 0.3 is 0 Å². The van der Waals surface area contributed by atoms with Crippen LogP contribution in [0.1, 0.15) is 16.3 Å². The second-order valence-electron chi connectivity index (χ2n) is 3.72. The third-order valence-electron chi connectivity index (χ3n) is 2.29. The summed E-state index contributed by atoms with van der Waals surface area (Å²) in [7, 11) is 0. The van der Waals surface area contributed by atoms with Crippen LogP contribution < -0.4 is 11.1 Å². The van der Waals surface area contributed by atoms with E-state index in [1.165, 1.54) is 6.07 Å². The van der Waals surface area contributed by atoms with Crippen molar-refractivity contribution < 1.29 is 18.0 Å². The van der Waals surface area contributed by atoms with E-state index in [0.717, 1.165) is 6.07 Å². The lowest BCUT2D eigenvalue weighted by Crippen LogP contribution is -2.14. The molecule has 0 spiro atoms. The highest BCUT2D eigenvalue weighted by Crippen LogP contribution is 2.24. The summed E-state index contributed by atoms with van der Waals surface area (Å²) in [5.74, 6) is -1.83. The number of carbonyl (C=O) groups is 1. The SMILES string of the molecule is Cc1ccc(C(=O)Nc2c(N)cc(F)cc2F)o1. The second-order valence-corrected chi connectivity index (χ2v) is 3.72. The summed E-state index contributed by atoms with van der Waals surface area (Å²) in [4.78, 5) is 11.7. The summed E-state index contributed by atoms with van der Waals surface area (Å²) in [5, 5.41) is 2.24. The van der Waals surface area contributed by atoms with Crippen LogP contribution in [0.15, 0.2) is 28.7 Å². The standard InChI is InChI=1S/C12H10F2N2O2/c1-6-2-3-10(18-6)12(17)16-11-8(14)4-7(13)5-9(11)15/h2-5H,15H2,1H3,(H,16,17). The maximum absolute atomic E-state index is 13.4. The lowest BCUT2D eigenvalue weighted by Gasteiger charge is -2.08. The van der Waals surface area contributed by atoms with Gasteiger partial charge in [-0.25, -0.2) is 8.78 Å². The van der Waals surface area contributed by atoms with Crippen LogP contribution in [0.2, 0.25) is 0 Å². The number of carbonyl (C=O) groups excluding carboxylic acids is 1. The van der Waals surface area contributed by atoms with Gasteiger partial charge in [0.25, 0.3) is 5.91 Å². The quantitative estimate of drug-likeness (QED) is 0.807. The van der Waals surface area contributed by atoms with Gasteiger partial charge in [-0.05, 0) is 25.1 Å². The highest BCUT2D eigenvalue weighted by molar-refractivity contribution is 6.04. The van der Waals surface area contributed by atoms with Gasteiger partial charge in [0, 0.05) is 6.07 Å². The summed E-state index contributed by atoms with van der Waals surface area (Å²) in [6.07, 6.45) is 0. The topological polar surface area (TPSA) is 68.3 Å². The molecular formula is C12H10F2N2O2. The van der Waals surface area contributed by atoms with Gasteiger partial charge in [0.1, 0.15) is 17.3 Å². The lowest BCUT2D eigenvalue weighted by atomic mass is 10.2.